The van der Waals surface area contributed by atoms with Crippen molar-refractivity contribution in [3.05, 3.63) is 76.1 Å². The Kier molecular flexibility index (Phi) is 5.98. The van der Waals surface area contributed by atoms with E-state index < -0.39 is 5.41 Å². The van der Waals surface area contributed by atoms with Gasteiger partial charge in [0.2, 0.25) is 11.8 Å². The van der Waals surface area contributed by atoms with Crippen molar-refractivity contribution in [3.63, 3.8) is 0 Å². The van der Waals surface area contributed by atoms with E-state index >= 15 is 0 Å². The summed E-state index contributed by atoms with van der Waals surface area (Å²) in [6, 6.07) is 13.5. The highest BCUT2D eigenvalue weighted by Crippen LogP contribution is 2.60. The highest BCUT2D eigenvalue weighted by molar-refractivity contribution is 6.31. The van der Waals surface area contributed by atoms with Crippen LogP contribution < -0.4 is 5.32 Å². The summed E-state index contributed by atoms with van der Waals surface area (Å²) in [5, 5.41) is 14.6. The third-order valence-corrected chi connectivity index (χ3v) is 8.30. The van der Waals surface area contributed by atoms with Crippen LogP contribution in [0.5, 0.6) is 0 Å². The normalized spacial score (nSPS) is 29.0. The molecule has 1 aliphatic heterocycles. The smallest absolute Gasteiger partial charge is 0.226 e. The minimum absolute atomic E-state index is 0.00263. The lowest BCUT2D eigenvalue weighted by Crippen LogP contribution is -2.45. The van der Waals surface area contributed by atoms with Crippen LogP contribution in [0.25, 0.3) is 11.5 Å². The third kappa shape index (κ3) is 3.67. The maximum absolute atomic E-state index is 13.2. The summed E-state index contributed by atoms with van der Waals surface area (Å²) in [4.78, 5) is 17.4. The molecule has 2 aromatic carbocycles. The van der Waals surface area contributed by atoms with E-state index in [-0.39, 0.29) is 36.3 Å². The zero-order chi connectivity index (χ0) is 23.2. The van der Waals surface area contributed by atoms with Crippen LogP contribution in [0, 0.1) is 11.3 Å². The molecule has 1 aliphatic carbocycles. The van der Waals surface area contributed by atoms with Gasteiger partial charge >= 0.3 is 0 Å². The molecular formula is C26H26Cl2N2O3. The van der Waals surface area contributed by atoms with Crippen LogP contribution in [0.2, 0.25) is 10.0 Å². The zero-order valence-corrected chi connectivity index (χ0v) is 19.8. The van der Waals surface area contributed by atoms with Gasteiger partial charge in [-0.15, -0.1) is 0 Å². The molecule has 0 radical (unpaired) electrons. The Morgan fingerprint density at radius 3 is 2.64 bits per heavy atom. The van der Waals surface area contributed by atoms with E-state index in [2.05, 4.69) is 17.2 Å². The SMILES string of the molecule is CC[C@@]12CC[C@@H](c3ccc(-c4ncco4)cc3Cl)[C@@H](c3ccc(Cl)cc3)[C@@H]1[C@@H](CO)NC2=O. The highest BCUT2D eigenvalue weighted by atomic mass is 35.5. The second kappa shape index (κ2) is 8.79. The second-order valence-corrected chi connectivity index (χ2v) is 9.94. The number of nitrogens with one attached hydrogen (secondary N) is 1. The Morgan fingerprint density at radius 2 is 2.00 bits per heavy atom. The number of aliphatic hydroxyl groups excluding tert-OH is 1. The molecule has 0 spiro atoms. The van der Waals surface area contributed by atoms with Gasteiger partial charge in [-0.1, -0.05) is 48.3 Å². The van der Waals surface area contributed by atoms with Gasteiger partial charge < -0.3 is 14.8 Å². The molecule has 1 saturated heterocycles. The van der Waals surface area contributed by atoms with Crippen molar-refractivity contribution >= 4 is 29.1 Å². The first-order valence-corrected chi connectivity index (χ1v) is 12.1. The van der Waals surface area contributed by atoms with E-state index in [9.17, 15) is 9.90 Å². The molecule has 2 N–H and O–H groups in total. The first-order chi connectivity index (χ1) is 16.0. The third-order valence-electron chi connectivity index (χ3n) is 7.72. The standard InChI is InChI=1S/C26H26Cl2N2O3/c1-2-26-10-9-19(18-8-5-16(13-20(18)28)24-29-11-12-33-24)22(15-3-6-17(27)7-4-15)23(26)21(14-31)30-25(26)32/h3-8,11-13,19,21-23,31H,2,9-10,14H2,1H3,(H,30,32)/t19-,21+,22+,23-,26+/m0/s1. The van der Waals surface area contributed by atoms with E-state index in [4.69, 9.17) is 27.6 Å². The van der Waals surface area contributed by atoms with E-state index in [1.54, 1.807) is 6.20 Å². The first-order valence-electron chi connectivity index (χ1n) is 11.3. The number of fused-ring (bicyclic) bond motifs is 1. The zero-order valence-electron chi connectivity index (χ0n) is 18.3. The largest absolute Gasteiger partial charge is 0.445 e. The quantitative estimate of drug-likeness (QED) is 0.478. The summed E-state index contributed by atoms with van der Waals surface area (Å²) in [7, 11) is 0. The lowest BCUT2D eigenvalue weighted by molar-refractivity contribution is -0.131. The maximum atomic E-state index is 13.2. The summed E-state index contributed by atoms with van der Waals surface area (Å²) in [6.07, 6.45) is 5.45. The number of rotatable bonds is 5. The minimum atomic E-state index is -0.501. The van der Waals surface area contributed by atoms with Gasteiger partial charge in [0, 0.05) is 21.5 Å². The molecule has 2 aliphatic rings. The molecule has 1 saturated carbocycles. The summed E-state index contributed by atoms with van der Waals surface area (Å²) >= 11 is 13.0. The predicted molar refractivity (Wildman–Crippen MR) is 128 cm³/mol. The number of amides is 1. The number of aliphatic hydroxyl groups is 1. The molecule has 172 valence electrons. The Labute approximate surface area is 203 Å². The Hall–Kier alpha value is -2.34. The van der Waals surface area contributed by atoms with Crippen molar-refractivity contribution in [1.29, 1.82) is 0 Å². The van der Waals surface area contributed by atoms with Gasteiger partial charge in [-0.3, -0.25) is 4.79 Å². The maximum Gasteiger partial charge on any atom is 0.226 e. The van der Waals surface area contributed by atoms with Gasteiger partial charge in [-0.05, 0) is 66.5 Å². The van der Waals surface area contributed by atoms with Crippen molar-refractivity contribution in [2.24, 2.45) is 11.3 Å². The number of benzene rings is 2. The van der Waals surface area contributed by atoms with Gasteiger partial charge in [0.05, 0.1) is 24.3 Å². The molecule has 7 heteroatoms. The van der Waals surface area contributed by atoms with Gasteiger partial charge in [-0.2, -0.15) is 0 Å². The van der Waals surface area contributed by atoms with Crippen molar-refractivity contribution in [1.82, 2.24) is 10.3 Å². The monoisotopic (exact) mass is 484 g/mol. The topological polar surface area (TPSA) is 75.4 Å². The number of halogens is 2. The summed E-state index contributed by atoms with van der Waals surface area (Å²) in [5.74, 6) is 0.609. The fourth-order valence-corrected chi connectivity index (χ4v) is 6.63. The number of hydrogen-bond acceptors (Lipinski definition) is 4. The minimum Gasteiger partial charge on any atom is -0.445 e. The summed E-state index contributed by atoms with van der Waals surface area (Å²) in [5.41, 5.74) is 2.46. The average molecular weight is 485 g/mol. The fraction of sp³-hybridized carbons (Fsp3) is 0.385. The molecule has 1 aromatic heterocycles. The number of oxazole rings is 1. The van der Waals surface area contributed by atoms with Gasteiger partial charge in [-0.25, -0.2) is 4.98 Å². The lowest BCUT2D eigenvalue weighted by Gasteiger charge is -2.47. The van der Waals surface area contributed by atoms with Crippen LogP contribution in [-0.2, 0) is 4.79 Å². The Morgan fingerprint density at radius 1 is 1.21 bits per heavy atom. The Balaban J connectivity index is 1.62. The summed E-state index contributed by atoms with van der Waals surface area (Å²) < 4.78 is 5.43. The van der Waals surface area contributed by atoms with Crippen molar-refractivity contribution in [2.75, 3.05) is 6.61 Å². The number of carbonyl (C=O) groups is 1. The van der Waals surface area contributed by atoms with Crippen molar-refractivity contribution in [3.8, 4) is 11.5 Å². The van der Waals surface area contributed by atoms with Crippen LogP contribution in [0.15, 0.2) is 59.3 Å². The number of nitrogens with zero attached hydrogens (tertiary/aromatic N) is 1. The molecule has 0 bridgehead atoms. The average Bonchev–Trinajstić information content (AvgIpc) is 3.46. The molecule has 0 unspecified atom stereocenters. The Bertz CT molecular complexity index is 1150. The van der Waals surface area contributed by atoms with Gasteiger partial charge in [0.25, 0.3) is 0 Å². The fourth-order valence-electron chi connectivity index (χ4n) is 6.19. The molecule has 5 nitrogen and oxygen atoms in total. The van der Waals surface area contributed by atoms with Gasteiger partial charge in [0.1, 0.15) is 6.26 Å². The molecule has 2 fully saturated rings. The van der Waals surface area contributed by atoms with Crippen LogP contribution in [0.1, 0.15) is 49.1 Å². The van der Waals surface area contributed by atoms with E-state index in [0.717, 1.165) is 36.0 Å². The van der Waals surface area contributed by atoms with E-state index in [1.807, 2.05) is 42.5 Å². The van der Waals surface area contributed by atoms with Crippen LogP contribution in [0.3, 0.4) is 0 Å². The number of aromatic nitrogens is 1. The highest BCUT2D eigenvalue weighted by Gasteiger charge is 2.60. The molecule has 5 rings (SSSR count). The first kappa shape index (κ1) is 22.5. The van der Waals surface area contributed by atoms with Gasteiger partial charge in [0.15, 0.2) is 0 Å². The molecule has 3 aromatic rings. The molecule has 2 heterocycles. The number of hydrogen-bond donors (Lipinski definition) is 2. The lowest BCUT2D eigenvalue weighted by atomic mass is 9.54. The summed E-state index contributed by atoms with van der Waals surface area (Å²) in [6.45, 7) is 1.98. The number of carbonyl (C=O) groups excluding carboxylic acids is 1. The van der Waals surface area contributed by atoms with E-state index in [0.29, 0.717) is 15.9 Å². The van der Waals surface area contributed by atoms with Crippen molar-refractivity contribution in [2.45, 2.75) is 44.1 Å². The molecule has 5 atom stereocenters. The predicted octanol–water partition coefficient (Wildman–Crippen LogP) is 5.81. The second-order valence-electron chi connectivity index (χ2n) is 9.09. The molecule has 33 heavy (non-hydrogen) atoms. The van der Waals surface area contributed by atoms with Crippen LogP contribution >= 0.6 is 23.2 Å². The van der Waals surface area contributed by atoms with Crippen LogP contribution in [-0.4, -0.2) is 28.6 Å². The van der Waals surface area contributed by atoms with Crippen LogP contribution in [0.4, 0.5) is 0 Å². The molecular weight excluding hydrogens is 459 g/mol. The molecule has 1 amide bonds. The van der Waals surface area contributed by atoms with Crippen molar-refractivity contribution < 1.29 is 14.3 Å². The van der Waals surface area contributed by atoms with E-state index in [1.165, 1.54) is 6.26 Å².